The van der Waals surface area contributed by atoms with Crippen LogP contribution in [0.1, 0.15) is 5.56 Å². The minimum atomic E-state index is -0.145. The number of para-hydroxylation sites is 2. The largest absolute Gasteiger partial charge is 0.486 e. The fourth-order valence-corrected chi connectivity index (χ4v) is 3.10. The van der Waals surface area contributed by atoms with Gasteiger partial charge in [-0.05, 0) is 17.7 Å². The Kier molecular flexibility index (Phi) is 5.42. The molecule has 2 aromatic carbocycles. The number of hydrogen-bond acceptors (Lipinski definition) is 4. The summed E-state index contributed by atoms with van der Waals surface area (Å²) < 4.78 is 11.4. The second-order valence-corrected chi connectivity index (χ2v) is 6.27. The molecule has 0 aliphatic carbocycles. The number of fused-ring (bicyclic) bond motifs is 1. The first-order valence-electron chi connectivity index (χ1n) is 7.58. The van der Waals surface area contributed by atoms with E-state index in [1.165, 1.54) is 5.56 Å². The summed E-state index contributed by atoms with van der Waals surface area (Å²) in [4.78, 5) is 11.9. The van der Waals surface area contributed by atoms with Crippen molar-refractivity contribution in [2.24, 2.45) is 0 Å². The number of nitrogens with one attached hydrogen (secondary N) is 1. The Hall–Kier alpha value is -2.14. The molecular formula is C18H19NO3S. The van der Waals surface area contributed by atoms with Gasteiger partial charge in [-0.1, -0.05) is 42.5 Å². The molecule has 120 valence electrons. The average molecular weight is 329 g/mol. The lowest BCUT2D eigenvalue weighted by Gasteiger charge is -2.26. The van der Waals surface area contributed by atoms with Gasteiger partial charge in [-0.3, -0.25) is 4.79 Å². The maximum absolute atomic E-state index is 11.9. The third kappa shape index (κ3) is 4.66. The molecule has 1 aliphatic rings. The van der Waals surface area contributed by atoms with Crippen LogP contribution < -0.4 is 14.8 Å². The highest BCUT2D eigenvalue weighted by Crippen LogP contribution is 2.30. The molecule has 23 heavy (non-hydrogen) atoms. The number of rotatable bonds is 6. The van der Waals surface area contributed by atoms with Crippen molar-refractivity contribution in [1.29, 1.82) is 0 Å². The molecule has 0 aromatic heterocycles. The van der Waals surface area contributed by atoms with Gasteiger partial charge in [0.1, 0.15) is 12.7 Å². The maximum Gasteiger partial charge on any atom is 0.230 e. The Morgan fingerprint density at radius 1 is 1.09 bits per heavy atom. The fraction of sp³-hybridized carbons (Fsp3) is 0.278. The lowest BCUT2D eigenvalue weighted by atomic mass is 10.2. The van der Waals surface area contributed by atoms with Crippen molar-refractivity contribution in [3.63, 3.8) is 0 Å². The second kappa shape index (κ2) is 7.92. The van der Waals surface area contributed by atoms with E-state index in [2.05, 4.69) is 17.4 Å². The van der Waals surface area contributed by atoms with Crippen molar-refractivity contribution in [2.75, 3.05) is 18.9 Å². The molecule has 0 saturated carbocycles. The van der Waals surface area contributed by atoms with Gasteiger partial charge in [-0.2, -0.15) is 0 Å². The van der Waals surface area contributed by atoms with E-state index in [1.54, 1.807) is 11.8 Å². The van der Waals surface area contributed by atoms with Crippen LogP contribution in [0.5, 0.6) is 11.5 Å². The summed E-state index contributed by atoms with van der Waals surface area (Å²) in [5.74, 6) is 2.79. The zero-order valence-corrected chi connectivity index (χ0v) is 13.6. The van der Waals surface area contributed by atoms with Gasteiger partial charge in [0.15, 0.2) is 11.5 Å². The standard InChI is InChI=1S/C18H19NO3S/c20-18(13-23-12-14-6-2-1-3-7-14)19-10-15-11-21-16-8-4-5-9-17(16)22-15/h1-9,15H,10-13H2,(H,19,20). The Balaban J connectivity index is 1.37. The highest BCUT2D eigenvalue weighted by Gasteiger charge is 2.20. The number of hydrogen-bond donors (Lipinski definition) is 1. The normalized spacial score (nSPS) is 15.9. The van der Waals surface area contributed by atoms with Crippen molar-refractivity contribution >= 4 is 17.7 Å². The molecule has 5 heteroatoms. The Morgan fingerprint density at radius 2 is 1.83 bits per heavy atom. The van der Waals surface area contributed by atoms with Crippen molar-refractivity contribution in [3.8, 4) is 11.5 Å². The van der Waals surface area contributed by atoms with E-state index in [0.29, 0.717) is 18.9 Å². The van der Waals surface area contributed by atoms with Crippen LogP contribution in [0.3, 0.4) is 0 Å². The molecule has 0 spiro atoms. The lowest BCUT2D eigenvalue weighted by Crippen LogP contribution is -2.41. The van der Waals surface area contributed by atoms with Gasteiger partial charge < -0.3 is 14.8 Å². The lowest BCUT2D eigenvalue weighted by molar-refractivity contribution is -0.119. The molecule has 0 saturated heterocycles. The van der Waals surface area contributed by atoms with Gasteiger partial charge in [0, 0.05) is 5.75 Å². The van der Waals surface area contributed by atoms with Crippen molar-refractivity contribution < 1.29 is 14.3 Å². The number of benzene rings is 2. The topological polar surface area (TPSA) is 47.6 Å². The van der Waals surface area contributed by atoms with Crippen LogP contribution in [0.15, 0.2) is 54.6 Å². The SMILES string of the molecule is O=C(CSCc1ccccc1)NCC1COc2ccccc2O1. The number of ether oxygens (including phenoxy) is 2. The average Bonchev–Trinajstić information content (AvgIpc) is 2.61. The summed E-state index contributed by atoms with van der Waals surface area (Å²) in [6.45, 7) is 0.910. The maximum atomic E-state index is 11.9. The van der Waals surface area contributed by atoms with E-state index < -0.39 is 0 Å². The Labute approximate surface area is 140 Å². The summed E-state index contributed by atoms with van der Waals surface area (Å²) in [7, 11) is 0. The van der Waals surface area contributed by atoms with E-state index in [0.717, 1.165) is 17.3 Å². The van der Waals surface area contributed by atoms with Crippen LogP contribution in [0, 0.1) is 0 Å². The van der Waals surface area contributed by atoms with Gasteiger partial charge in [0.25, 0.3) is 0 Å². The second-order valence-electron chi connectivity index (χ2n) is 5.28. The van der Waals surface area contributed by atoms with E-state index in [-0.39, 0.29) is 12.0 Å². The van der Waals surface area contributed by atoms with Crippen LogP contribution in [0.25, 0.3) is 0 Å². The zero-order chi connectivity index (χ0) is 15.9. The van der Waals surface area contributed by atoms with Gasteiger partial charge >= 0.3 is 0 Å². The third-order valence-electron chi connectivity index (χ3n) is 3.44. The van der Waals surface area contributed by atoms with Crippen LogP contribution in [0.4, 0.5) is 0 Å². The molecule has 1 amide bonds. The Morgan fingerprint density at radius 3 is 2.65 bits per heavy atom. The van der Waals surface area contributed by atoms with Crippen LogP contribution in [0.2, 0.25) is 0 Å². The summed E-state index contributed by atoms with van der Waals surface area (Å²) in [6.07, 6.45) is -0.145. The molecule has 1 heterocycles. The smallest absolute Gasteiger partial charge is 0.230 e. The quantitative estimate of drug-likeness (QED) is 0.885. The zero-order valence-electron chi connectivity index (χ0n) is 12.7. The molecule has 1 N–H and O–H groups in total. The highest BCUT2D eigenvalue weighted by atomic mass is 32.2. The van der Waals surface area contributed by atoms with Gasteiger partial charge in [0.2, 0.25) is 5.91 Å². The van der Waals surface area contributed by atoms with E-state index in [9.17, 15) is 4.79 Å². The van der Waals surface area contributed by atoms with E-state index in [1.807, 2.05) is 42.5 Å². The number of carbonyl (C=O) groups is 1. The van der Waals surface area contributed by atoms with Gasteiger partial charge in [-0.25, -0.2) is 0 Å². The fourth-order valence-electron chi connectivity index (χ4n) is 2.28. The molecule has 1 aliphatic heterocycles. The number of thioether (sulfide) groups is 1. The summed E-state index contributed by atoms with van der Waals surface area (Å²) >= 11 is 1.61. The molecule has 3 rings (SSSR count). The first kappa shape index (κ1) is 15.7. The van der Waals surface area contributed by atoms with Gasteiger partial charge in [-0.15, -0.1) is 11.8 Å². The molecule has 2 aromatic rings. The summed E-state index contributed by atoms with van der Waals surface area (Å²) in [5.41, 5.74) is 1.23. The van der Waals surface area contributed by atoms with Gasteiger partial charge in [0.05, 0.1) is 12.3 Å². The molecule has 0 radical (unpaired) electrons. The predicted octanol–water partition coefficient (Wildman–Crippen LogP) is 2.88. The first-order chi connectivity index (χ1) is 11.3. The Bertz CT molecular complexity index is 648. The van der Waals surface area contributed by atoms with Crippen LogP contribution >= 0.6 is 11.8 Å². The van der Waals surface area contributed by atoms with Crippen molar-refractivity contribution in [3.05, 3.63) is 60.2 Å². The van der Waals surface area contributed by atoms with E-state index >= 15 is 0 Å². The van der Waals surface area contributed by atoms with Crippen LogP contribution in [-0.4, -0.2) is 30.9 Å². The summed E-state index contributed by atoms with van der Waals surface area (Å²) in [5, 5.41) is 2.90. The minimum absolute atomic E-state index is 0.0217. The minimum Gasteiger partial charge on any atom is -0.486 e. The van der Waals surface area contributed by atoms with Crippen molar-refractivity contribution in [2.45, 2.75) is 11.9 Å². The molecule has 0 fully saturated rings. The van der Waals surface area contributed by atoms with Crippen LogP contribution in [-0.2, 0) is 10.5 Å². The number of carbonyl (C=O) groups excluding carboxylic acids is 1. The molecule has 1 atom stereocenters. The first-order valence-corrected chi connectivity index (χ1v) is 8.73. The molecule has 1 unspecified atom stereocenters. The molecule has 4 nitrogen and oxygen atoms in total. The number of amides is 1. The van der Waals surface area contributed by atoms with E-state index in [4.69, 9.17) is 9.47 Å². The predicted molar refractivity (Wildman–Crippen MR) is 92.0 cm³/mol. The third-order valence-corrected chi connectivity index (χ3v) is 4.44. The highest BCUT2D eigenvalue weighted by molar-refractivity contribution is 7.99. The monoisotopic (exact) mass is 329 g/mol. The van der Waals surface area contributed by atoms with Crippen molar-refractivity contribution in [1.82, 2.24) is 5.32 Å². The summed E-state index contributed by atoms with van der Waals surface area (Å²) in [6, 6.07) is 17.7. The molecular weight excluding hydrogens is 310 g/mol. The molecule has 0 bridgehead atoms.